The number of carbonyl (C=O) groups excluding carboxylic acids is 1. The van der Waals surface area contributed by atoms with Crippen LogP contribution in [-0.4, -0.2) is 29.1 Å². The number of hydrogen-bond acceptors (Lipinski definition) is 6. The molecule has 8 heteroatoms. The summed E-state index contributed by atoms with van der Waals surface area (Å²) in [5, 5.41) is 23.7. The average Bonchev–Trinajstić information content (AvgIpc) is 2.52. The second-order valence-electron chi connectivity index (χ2n) is 5.38. The van der Waals surface area contributed by atoms with Crippen molar-refractivity contribution in [2.45, 2.75) is 13.8 Å². The molecular weight excluding hydrogens is 316 g/mol. The van der Waals surface area contributed by atoms with E-state index >= 15 is 0 Å². The van der Waals surface area contributed by atoms with Crippen LogP contribution in [0.4, 0.5) is 0 Å². The molecule has 2 rings (SSSR count). The maximum absolute atomic E-state index is 11.7. The van der Waals surface area contributed by atoms with Crippen molar-refractivity contribution in [2.24, 2.45) is 11.8 Å². The minimum atomic E-state index is -1.19. The smallest absolute Gasteiger partial charge is 0.334 e. The summed E-state index contributed by atoms with van der Waals surface area (Å²) in [5.41, 5.74) is 0.363. The number of aliphatic carboxylic acids is 1. The first-order valence-electron chi connectivity index (χ1n) is 7.07. The minimum Gasteiger partial charge on any atom is -0.499 e. The topological polar surface area (TPSA) is 119 Å². The van der Waals surface area contributed by atoms with Gasteiger partial charge >= 0.3 is 5.97 Å². The lowest BCUT2D eigenvalue weighted by atomic mass is 9.75. The van der Waals surface area contributed by atoms with E-state index in [4.69, 9.17) is 4.74 Å². The van der Waals surface area contributed by atoms with Crippen LogP contribution >= 0.6 is 0 Å². The van der Waals surface area contributed by atoms with Gasteiger partial charge in [0.25, 0.3) is 5.70 Å². The molecule has 0 aromatic carbocycles. The maximum atomic E-state index is 11.7. The molecule has 0 amide bonds. The van der Waals surface area contributed by atoms with Crippen LogP contribution in [0.5, 0.6) is 0 Å². The molecule has 0 spiro atoms. The van der Waals surface area contributed by atoms with Crippen LogP contribution < -0.4 is 5.32 Å². The lowest BCUT2D eigenvalue weighted by Gasteiger charge is -2.33. The molecule has 0 aromatic heterocycles. The van der Waals surface area contributed by atoms with Crippen molar-refractivity contribution < 1.29 is 24.4 Å². The number of carboxylic acid groups (broad SMARTS) is 1. The number of nitrogens with one attached hydrogen (secondary N) is 1. The largest absolute Gasteiger partial charge is 0.499 e. The molecule has 2 aliphatic rings. The highest BCUT2D eigenvalue weighted by Gasteiger charge is 2.43. The van der Waals surface area contributed by atoms with E-state index in [1.807, 2.05) is 0 Å². The number of ether oxygens (including phenoxy) is 1. The molecule has 2 atom stereocenters. The second-order valence-corrected chi connectivity index (χ2v) is 5.38. The van der Waals surface area contributed by atoms with Gasteiger partial charge in [-0.2, -0.15) is 0 Å². The van der Waals surface area contributed by atoms with Gasteiger partial charge in [-0.05, 0) is 13.8 Å². The fraction of sp³-hybridized carbons (Fsp3) is 0.312. The van der Waals surface area contributed by atoms with E-state index in [1.54, 1.807) is 25.9 Å². The molecule has 0 aromatic rings. The SMILES string of the molecule is COC1=C(C)NC(C)=C(C(=O)O)C1C1C=CC=C([N+](=O)[O-])C1=C=O. The van der Waals surface area contributed by atoms with E-state index in [-0.39, 0.29) is 11.1 Å². The monoisotopic (exact) mass is 332 g/mol. The molecule has 24 heavy (non-hydrogen) atoms. The normalized spacial score (nSPS) is 23.5. The van der Waals surface area contributed by atoms with Gasteiger partial charge in [0.2, 0.25) is 0 Å². The van der Waals surface area contributed by atoms with E-state index in [0.717, 1.165) is 0 Å². The van der Waals surface area contributed by atoms with E-state index in [0.29, 0.717) is 17.2 Å². The van der Waals surface area contributed by atoms with Gasteiger partial charge in [-0.3, -0.25) is 10.1 Å². The van der Waals surface area contributed by atoms with Gasteiger partial charge in [0.1, 0.15) is 17.3 Å². The number of nitro groups is 1. The van der Waals surface area contributed by atoms with E-state index in [1.165, 1.54) is 19.3 Å². The highest BCUT2D eigenvalue weighted by molar-refractivity contribution is 5.89. The Labute approximate surface area is 137 Å². The van der Waals surface area contributed by atoms with Crippen molar-refractivity contribution in [2.75, 3.05) is 7.11 Å². The molecule has 2 unspecified atom stereocenters. The van der Waals surface area contributed by atoms with Crippen LogP contribution in [0.3, 0.4) is 0 Å². The third kappa shape index (κ3) is 2.75. The molecule has 2 N–H and O–H groups in total. The fourth-order valence-corrected chi connectivity index (χ4v) is 3.10. The molecular formula is C16H16N2O6. The zero-order chi connectivity index (χ0) is 18.0. The molecule has 1 aliphatic heterocycles. The Hall–Kier alpha value is -3.12. The number of carbonyl (C=O) groups is 1. The first kappa shape index (κ1) is 17.2. The van der Waals surface area contributed by atoms with Crippen molar-refractivity contribution in [3.05, 3.63) is 62.3 Å². The van der Waals surface area contributed by atoms with Crippen molar-refractivity contribution in [1.82, 2.24) is 5.32 Å². The average molecular weight is 332 g/mol. The number of dihydropyridines is 1. The summed E-state index contributed by atoms with van der Waals surface area (Å²) in [4.78, 5) is 33.6. The number of rotatable bonds is 4. The van der Waals surface area contributed by atoms with Gasteiger partial charge in [0.15, 0.2) is 0 Å². The lowest BCUT2D eigenvalue weighted by Crippen LogP contribution is -2.35. The van der Waals surface area contributed by atoms with Gasteiger partial charge in [-0.25, -0.2) is 9.59 Å². The highest BCUT2D eigenvalue weighted by Crippen LogP contribution is 2.41. The molecule has 0 bridgehead atoms. The third-order valence-corrected chi connectivity index (χ3v) is 4.04. The second kappa shape index (κ2) is 6.55. The summed E-state index contributed by atoms with van der Waals surface area (Å²) in [6, 6.07) is 0. The van der Waals surface area contributed by atoms with Crippen molar-refractivity contribution in [1.29, 1.82) is 0 Å². The number of allylic oxidation sites excluding steroid dienone is 7. The Morgan fingerprint density at radius 2 is 2.08 bits per heavy atom. The Bertz CT molecular complexity index is 780. The molecule has 0 radical (unpaired) electrons. The van der Waals surface area contributed by atoms with Gasteiger partial charge in [0, 0.05) is 17.7 Å². The molecule has 0 fully saturated rings. The quantitative estimate of drug-likeness (QED) is 0.455. The third-order valence-electron chi connectivity index (χ3n) is 4.04. The summed E-state index contributed by atoms with van der Waals surface area (Å²) in [6.07, 6.45) is 4.17. The number of methoxy groups -OCH3 is 1. The minimum absolute atomic E-state index is 0.00977. The zero-order valence-electron chi connectivity index (χ0n) is 13.3. The summed E-state index contributed by atoms with van der Waals surface area (Å²) in [7, 11) is 1.38. The Morgan fingerprint density at radius 3 is 2.58 bits per heavy atom. The van der Waals surface area contributed by atoms with Gasteiger partial charge in [-0.15, -0.1) is 0 Å². The maximum Gasteiger partial charge on any atom is 0.334 e. The molecule has 1 heterocycles. The predicted molar refractivity (Wildman–Crippen MR) is 83.6 cm³/mol. The van der Waals surface area contributed by atoms with Crippen LogP contribution in [0, 0.1) is 22.0 Å². The standard InChI is InChI=1S/C16H16N2O6/c1-8-13(16(20)21)14(15(24-3)9(2)17-8)10-5-4-6-12(18(22)23)11(10)7-19/h4-6,10,14,17H,1-3H3,(H,20,21). The van der Waals surface area contributed by atoms with Gasteiger partial charge in [-0.1, -0.05) is 12.2 Å². The molecule has 0 saturated carbocycles. The summed E-state index contributed by atoms with van der Waals surface area (Å²) >= 11 is 0. The summed E-state index contributed by atoms with van der Waals surface area (Å²) < 4.78 is 5.34. The Balaban J connectivity index is 2.65. The van der Waals surface area contributed by atoms with E-state index < -0.39 is 28.4 Å². The summed E-state index contributed by atoms with van der Waals surface area (Å²) in [6.45, 7) is 3.29. The van der Waals surface area contributed by atoms with Crippen LogP contribution in [0.2, 0.25) is 0 Å². The summed E-state index contributed by atoms with van der Waals surface area (Å²) in [5.74, 6) is -1.00. The van der Waals surface area contributed by atoms with Crippen LogP contribution in [0.25, 0.3) is 0 Å². The molecule has 8 nitrogen and oxygen atoms in total. The molecule has 126 valence electrons. The Morgan fingerprint density at radius 1 is 1.42 bits per heavy atom. The highest BCUT2D eigenvalue weighted by atomic mass is 16.6. The van der Waals surface area contributed by atoms with Crippen molar-refractivity contribution >= 4 is 11.9 Å². The van der Waals surface area contributed by atoms with E-state index in [2.05, 4.69) is 5.32 Å². The number of hydrogen-bond donors (Lipinski definition) is 2. The lowest BCUT2D eigenvalue weighted by molar-refractivity contribution is -0.421. The van der Waals surface area contributed by atoms with Crippen LogP contribution in [0.15, 0.2) is 52.2 Å². The van der Waals surface area contributed by atoms with Crippen molar-refractivity contribution in [3.63, 3.8) is 0 Å². The first-order chi connectivity index (χ1) is 11.3. The molecule has 1 aliphatic carbocycles. The van der Waals surface area contributed by atoms with E-state index in [9.17, 15) is 24.8 Å². The number of nitrogens with zero attached hydrogens (tertiary/aromatic N) is 1. The van der Waals surface area contributed by atoms with Gasteiger partial charge in [0.05, 0.1) is 29.2 Å². The first-order valence-corrected chi connectivity index (χ1v) is 7.07. The zero-order valence-corrected chi connectivity index (χ0v) is 13.3. The Kier molecular flexibility index (Phi) is 4.71. The molecule has 0 saturated heterocycles. The number of carboxylic acids is 1. The van der Waals surface area contributed by atoms with Crippen LogP contribution in [-0.2, 0) is 14.3 Å². The van der Waals surface area contributed by atoms with Crippen molar-refractivity contribution in [3.8, 4) is 0 Å². The van der Waals surface area contributed by atoms with Gasteiger partial charge < -0.3 is 15.2 Å². The van der Waals surface area contributed by atoms with Crippen LogP contribution in [0.1, 0.15) is 13.8 Å². The predicted octanol–water partition coefficient (Wildman–Crippen LogP) is 1.55. The fourth-order valence-electron chi connectivity index (χ4n) is 3.10.